The van der Waals surface area contributed by atoms with Crippen molar-refractivity contribution in [3.05, 3.63) is 24.3 Å². The predicted octanol–water partition coefficient (Wildman–Crippen LogP) is 11.3. The summed E-state index contributed by atoms with van der Waals surface area (Å²) in [4.78, 5) is 13.1. The molecule has 1 fully saturated rings. The summed E-state index contributed by atoms with van der Waals surface area (Å²) in [5.41, 5.74) is 0. The molecule has 1 aliphatic heterocycles. The van der Waals surface area contributed by atoms with E-state index in [0.29, 0.717) is 6.42 Å². The van der Waals surface area contributed by atoms with Crippen molar-refractivity contribution < 1.29 is 51.8 Å². The lowest BCUT2D eigenvalue weighted by Gasteiger charge is -2.41. The van der Waals surface area contributed by atoms with Crippen LogP contribution in [0.1, 0.15) is 239 Å². The monoisotopic (exact) mass is 932 g/mol. The molecule has 378 valence electrons. The van der Waals surface area contributed by atoms with Crippen molar-refractivity contribution in [3.8, 4) is 0 Å². The van der Waals surface area contributed by atoms with E-state index in [0.717, 1.165) is 44.9 Å². The number of hydrogen-bond donors (Lipinski definition) is 6. The van der Waals surface area contributed by atoms with Crippen molar-refractivity contribution in [1.82, 2.24) is 5.32 Å². The molecule has 12 nitrogen and oxygen atoms in total. The van der Waals surface area contributed by atoms with Crippen LogP contribution < -0.4 is 5.32 Å². The van der Waals surface area contributed by atoms with Crippen LogP contribution in [0.15, 0.2) is 24.3 Å². The van der Waals surface area contributed by atoms with E-state index in [1.165, 1.54) is 167 Å². The van der Waals surface area contributed by atoms with Crippen molar-refractivity contribution in [2.75, 3.05) is 13.2 Å². The van der Waals surface area contributed by atoms with Crippen LogP contribution in [0.3, 0.4) is 0 Å². The van der Waals surface area contributed by atoms with Crippen LogP contribution in [0.5, 0.6) is 0 Å². The quantitative estimate of drug-likeness (QED) is 0.0193. The molecule has 1 aliphatic rings. The van der Waals surface area contributed by atoms with Gasteiger partial charge in [-0.05, 0) is 44.9 Å². The highest BCUT2D eigenvalue weighted by Gasteiger charge is 2.48. The number of allylic oxidation sites excluding steroid dienone is 3. The number of nitrogens with one attached hydrogen (secondary N) is 1. The van der Waals surface area contributed by atoms with E-state index < -0.39 is 59.9 Å². The summed E-state index contributed by atoms with van der Waals surface area (Å²) in [6.45, 7) is 3.40. The van der Waals surface area contributed by atoms with E-state index >= 15 is 0 Å². The van der Waals surface area contributed by atoms with Gasteiger partial charge in [0.15, 0.2) is 6.29 Å². The molecule has 7 atom stereocenters. The first-order chi connectivity index (χ1) is 31.0. The number of unbranched alkanes of at least 4 members (excludes halogenated alkanes) is 31. The summed E-state index contributed by atoms with van der Waals surface area (Å²) < 4.78 is 47.7. The molecule has 0 aromatic rings. The van der Waals surface area contributed by atoms with Crippen LogP contribution in [0, 0.1) is 0 Å². The Labute approximate surface area is 391 Å². The third kappa shape index (κ3) is 34.0. The first-order valence-corrected chi connectivity index (χ1v) is 27.6. The van der Waals surface area contributed by atoms with Crippen LogP contribution in [-0.4, -0.2) is 95.4 Å². The highest BCUT2D eigenvalue weighted by Crippen LogP contribution is 2.26. The Bertz CT molecular complexity index is 1230. The van der Waals surface area contributed by atoms with Crippen molar-refractivity contribution in [3.63, 3.8) is 0 Å². The molecule has 0 aromatic heterocycles. The number of rotatable bonds is 45. The van der Waals surface area contributed by atoms with Crippen molar-refractivity contribution in [2.24, 2.45) is 0 Å². The van der Waals surface area contributed by atoms with Crippen LogP contribution in [0.4, 0.5) is 0 Å². The highest BCUT2D eigenvalue weighted by molar-refractivity contribution is 7.80. The van der Waals surface area contributed by atoms with Gasteiger partial charge in [-0.3, -0.25) is 9.35 Å². The minimum absolute atomic E-state index is 0.265. The second kappa shape index (κ2) is 41.7. The minimum Gasteiger partial charge on any atom is -0.394 e. The Kier molecular flexibility index (Phi) is 39.5. The maximum absolute atomic E-state index is 13.1. The van der Waals surface area contributed by atoms with E-state index in [1.54, 1.807) is 6.08 Å². The fourth-order valence-corrected chi connectivity index (χ4v) is 8.90. The van der Waals surface area contributed by atoms with Gasteiger partial charge in [0.2, 0.25) is 5.91 Å². The summed E-state index contributed by atoms with van der Waals surface area (Å²) in [6.07, 6.45) is 40.7. The van der Waals surface area contributed by atoms with Crippen LogP contribution >= 0.6 is 0 Å². The topological polar surface area (TPSA) is 192 Å². The molecule has 0 bridgehead atoms. The number of amides is 1. The largest absolute Gasteiger partial charge is 0.397 e. The van der Waals surface area contributed by atoms with Gasteiger partial charge in [-0.15, -0.1) is 0 Å². The van der Waals surface area contributed by atoms with Crippen LogP contribution in [-0.2, 0) is 28.9 Å². The fraction of sp³-hybridized carbons (Fsp3) is 0.902. The summed E-state index contributed by atoms with van der Waals surface area (Å²) in [7, 11) is -5.09. The Morgan fingerprint density at radius 3 is 1.41 bits per heavy atom. The molecule has 6 N–H and O–H groups in total. The molecular formula is C51H97NO11S. The van der Waals surface area contributed by atoms with Crippen molar-refractivity contribution in [1.29, 1.82) is 0 Å². The Morgan fingerprint density at radius 2 is 1.00 bits per heavy atom. The molecule has 7 unspecified atom stereocenters. The second-order valence-corrected chi connectivity index (χ2v) is 19.5. The lowest BCUT2D eigenvalue weighted by Crippen LogP contribution is -2.61. The molecule has 0 saturated carbocycles. The normalized spacial score (nSPS) is 20.4. The molecule has 0 radical (unpaired) electrons. The first kappa shape index (κ1) is 60.6. The summed E-state index contributed by atoms with van der Waals surface area (Å²) in [6, 6.07) is -0.944. The van der Waals surface area contributed by atoms with Gasteiger partial charge in [0.25, 0.3) is 0 Å². The molecule has 1 saturated heterocycles. The molecular weight excluding hydrogens is 835 g/mol. The van der Waals surface area contributed by atoms with E-state index in [1.807, 2.05) is 6.08 Å². The van der Waals surface area contributed by atoms with Crippen LogP contribution in [0.2, 0.25) is 0 Å². The van der Waals surface area contributed by atoms with Gasteiger partial charge < -0.3 is 35.2 Å². The molecule has 1 amide bonds. The zero-order valence-electron chi connectivity index (χ0n) is 40.6. The van der Waals surface area contributed by atoms with Gasteiger partial charge in [-0.2, -0.15) is 8.42 Å². The molecule has 1 heterocycles. The zero-order valence-corrected chi connectivity index (χ0v) is 41.4. The zero-order chi connectivity index (χ0) is 46.9. The van der Waals surface area contributed by atoms with E-state index in [-0.39, 0.29) is 18.9 Å². The molecule has 13 heteroatoms. The second-order valence-electron chi connectivity index (χ2n) is 18.5. The van der Waals surface area contributed by atoms with E-state index in [9.17, 15) is 38.2 Å². The molecule has 0 aromatic carbocycles. The number of aliphatic hydroxyl groups is 4. The van der Waals surface area contributed by atoms with Crippen molar-refractivity contribution in [2.45, 2.75) is 281 Å². The third-order valence-corrected chi connectivity index (χ3v) is 12.9. The number of ether oxygens (including phenoxy) is 2. The van der Waals surface area contributed by atoms with Crippen LogP contribution in [0.25, 0.3) is 0 Å². The molecule has 1 rings (SSSR count). The van der Waals surface area contributed by atoms with E-state index in [2.05, 4.69) is 35.5 Å². The van der Waals surface area contributed by atoms with Gasteiger partial charge in [0, 0.05) is 6.42 Å². The lowest BCUT2D eigenvalue weighted by atomic mass is 9.99. The average molecular weight is 932 g/mol. The first-order valence-electron chi connectivity index (χ1n) is 26.2. The van der Waals surface area contributed by atoms with E-state index in [4.69, 9.17) is 9.47 Å². The molecule has 0 spiro atoms. The number of aliphatic hydroxyl groups excluding tert-OH is 4. The summed E-state index contributed by atoms with van der Waals surface area (Å²) in [5.74, 6) is -0.265. The van der Waals surface area contributed by atoms with Gasteiger partial charge in [-0.1, -0.05) is 212 Å². The summed E-state index contributed by atoms with van der Waals surface area (Å²) in [5, 5.41) is 44.8. The predicted molar refractivity (Wildman–Crippen MR) is 259 cm³/mol. The van der Waals surface area contributed by atoms with Gasteiger partial charge >= 0.3 is 10.4 Å². The standard InChI is InChI=1S/C51H97NO11S/c1-3-5-7-9-11-13-15-17-19-21-22-23-25-26-28-30-32-34-36-38-40-45(54)44(43-61-51-49(57)50(63-64(58,59)60)48(56)46(42-53)62-51)52-47(55)41-39-37-35-33-31-29-27-24-20-18-16-14-12-10-8-6-4-2/h18,20,38,40,44-46,48-51,53-54,56-57H,3-17,19,21-37,39,41-43H2,1-2H3,(H,52,55)(H,58,59,60)/b20-18-,40-38+. The van der Waals surface area contributed by atoms with Crippen molar-refractivity contribution >= 4 is 16.3 Å². The number of carbonyl (C=O) groups is 1. The fourth-order valence-electron chi connectivity index (χ4n) is 8.39. The minimum atomic E-state index is -5.09. The van der Waals surface area contributed by atoms with Gasteiger partial charge in [0.05, 0.1) is 25.4 Å². The third-order valence-electron chi connectivity index (χ3n) is 12.5. The average Bonchev–Trinajstić information content (AvgIpc) is 3.27. The Balaban J connectivity index is 2.45. The maximum Gasteiger partial charge on any atom is 0.397 e. The Hall–Kier alpha value is -1.42. The van der Waals surface area contributed by atoms with Gasteiger partial charge in [-0.25, -0.2) is 4.18 Å². The maximum atomic E-state index is 13.1. The highest BCUT2D eigenvalue weighted by atomic mass is 32.3. The molecule has 0 aliphatic carbocycles. The summed E-state index contributed by atoms with van der Waals surface area (Å²) >= 11 is 0. The van der Waals surface area contributed by atoms with Gasteiger partial charge in [0.1, 0.15) is 24.4 Å². The Morgan fingerprint density at radius 1 is 0.609 bits per heavy atom. The number of hydrogen-bond acceptors (Lipinski definition) is 10. The smallest absolute Gasteiger partial charge is 0.394 e. The number of carbonyl (C=O) groups excluding carboxylic acids is 1. The lowest BCUT2D eigenvalue weighted by molar-refractivity contribution is -0.298. The molecule has 64 heavy (non-hydrogen) atoms. The SMILES string of the molecule is CCCCCCCC/C=C\CCCCCCCCCC(=O)NC(COC1OC(CO)C(O)C(OS(=O)(=O)O)C1O)C(O)/C=C/CCCCCCCCCCCCCCCCCCCC.